The van der Waals surface area contributed by atoms with Gasteiger partial charge in [-0.1, -0.05) is 12.0 Å². The zero-order valence-electron chi connectivity index (χ0n) is 11.8. The van der Waals surface area contributed by atoms with Crippen molar-refractivity contribution in [2.24, 2.45) is 0 Å². The number of terminal acetylenes is 1. The molecule has 112 valence electrons. The molecule has 0 saturated carbocycles. The highest BCUT2D eigenvalue weighted by molar-refractivity contribution is 7.92. The van der Waals surface area contributed by atoms with Crippen LogP contribution < -0.4 is 10.0 Å². The SMILES string of the molecule is C#Cc1cccc(NC(=O)c2ccc(NS(C)(=O)=O)cc2)c1. The van der Waals surface area contributed by atoms with Crippen LogP contribution in [0.2, 0.25) is 0 Å². The van der Waals surface area contributed by atoms with E-state index in [9.17, 15) is 13.2 Å². The van der Waals surface area contributed by atoms with E-state index in [1.54, 1.807) is 24.3 Å². The molecule has 0 aliphatic rings. The average Bonchev–Trinajstić information content (AvgIpc) is 2.46. The van der Waals surface area contributed by atoms with Gasteiger partial charge in [0.1, 0.15) is 0 Å². The summed E-state index contributed by atoms with van der Waals surface area (Å²) in [5, 5.41) is 2.73. The zero-order valence-corrected chi connectivity index (χ0v) is 12.6. The van der Waals surface area contributed by atoms with Crippen molar-refractivity contribution in [2.75, 3.05) is 16.3 Å². The van der Waals surface area contributed by atoms with Crippen LogP contribution in [-0.4, -0.2) is 20.6 Å². The van der Waals surface area contributed by atoms with Gasteiger partial charge in [0.15, 0.2) is 0 Å². The van der Waals surface area contributed by atoms with Crippen molar-refractivity contribution in [3.05, 3.63) is 59.7 Å². The molecule has 0 spiro atoms. The molecule has 0 aromatic heterocycles. The van der Waals surface area contributed by atoms with E-state index in [0.717, 1.165) is 6.26 Å². The van der Waals surface area contributed by atoms with Gasteiger partial charge in [-0.3, -0.25) is 9.52 Å². The third kappa shape index (κ3) is 4.36. The van der Waals surface area contributed by atoms with Crippen molar-refractivity contribution in [1.82, 2.24) is 0 Å². The summed E-state index contributed by atoms with van der Waals surface area (Å²) in [6.45, 7) is 0. The van der Waals surface area contributed by atoms with Crippen LogP contribution in [0.25, 0.3) is 0 Å². The van der Waals surface area contributed by atoms with Gasteiger partial charge in [0.25, 0.3) is 5.91 Å². The fourth-order valence-corrected chi connectivity index (χ4v) is 2.36. The summed E-state index contributed by atoms with van der Waals surface area (Å²) in [4.78, 5) is 12.1. The highest BCUT2D eigenvalue weighted by Gasteiger charge is 2.07. The summed E-state index contributed by atoms with van der Waals surface area (Å²) < 4.78 is 24.6. The molecule has 0 saturated heterocycles. The largest absolute Gasteiger partial charge is 0.322 e. The molecule has 0 atom stereocenters. The second-order valence-corrected chi connectivity index (χ2v) is 6.38. The highest BCUT2D eigenvalue weighted by atomic mass is 32.2. The van der Waals surface area contributed by atoms with Crippen LogP contribution in [-0.2, 0) is 10.0 Å². The predicted octanol–water partition coefficient (Wildman–Crippen LogP) is 2.29. The van der Waals surface area contributed by atoms with E-state index in [1.165, 1.54) is 24.3 Å². The molecule has 2 aromatic carbocycles. The number of hydrogen-bond acceptors (Lipinski definition) is 3. The van der Waals surface area contributed by atoms with Crippen molar-refractivity contribution in [3.8, 4) is 12.3 Å². The number of sulfonamides is 1. The molecular formula is C16H14N2O3S. The Balaban J connectivity index is 2.11. The van der Waals surface area contributed by atoms with Crippen LogP contribution >= 0.6 is 0 Å². The summed E-state index contributed by atoms with van der Waals surface area (Å²) in [6, 6.07) is 13.1. The Morgan fingerprint density at radius 3 is 2.36 bits per heavy atom. The minimum absolute atomic E-state index is 0.305. The summed E-state index contributed by atoms with van der Waals surface area (Å²) >= 11 is 0. The van der Waals surface area contributed by atoms with Crippen LogP contribution in [0, 0.1) is 12.3 Å². The minimum Gasteiger partial charge on any atom is -0.322 e. The Morgan fingerprint density at radius 2 is 1.77 bits per heavy atom. The molecule has 0 heterocycles. The zero-order chi connectivity index (χ0) is 16.2. The van der Waals surface area contributed by atoms with Crippen molar-refractivity contribution in [1.29, 1.82) is 0 Å². The first kappa shape index (κ1) is 15.6. The molecule has 22 heavy (non-hydrogen) atoms. The molecule has 0 bridgehead atoms. The summed E-state index contributed by atoms with van der Waals surface area (Å²) in [5.41, 5.74) is 2.07. The first-order chi connectivity index (χ1) is 10.4. The van der Waals surface area contributed by atoms with Crippen LogP contribution in [0.1, 0.15) is 15.9 Å². The first-order valence-electron chi connectivity index (χ1n) is 6.33. The summed E-state index contributed by atoms with van der Waals surface area (Å²) in [7, 11) is -3.34. The van der Waals surface area contributed by atoms with Crippen LogP contribution in [0.5, 0.6) is 0 Å². The standard InChI is InChI=1S/C16H14N2O3S/c1-3-12-5-4-6-15(11-12)17-16(19)13-7-9-14(10-8-13)18-22(2,20)21/h1,4-11,18H,2H3,(H,17,19). The van der Waals surface area contributed by atoms with E-state index in [2.05, 4.69) is 16.0 Å². The molecule has 2 rings (SSSR count). The molecule has 0 aliphatic carbocycles. The molecule has 0 aliphatic heterocycles. The van der Waals surface area contributed by atoms with Crippen molar-refractivity contribution < 1.29 is 13.2 Å². The molecule has 0 unspecified atom stereocenters. The third-order valence-corrected chi connectivity index (χ3v) is 3.34. The number of rotatable bonds is 4. The molecule has 5 nitrogen and oxygen atoms in total. The average molecular weight is 314 g/mol. The predicted molar refractivity (Wildman–Crippen MR) is 87.2 cm³/mol. The lowest BCUT2D eigenvalue weighted by atomic mass is 10.1. The Hall–Kier alpha value is -2.78. The number of nitrogens with one attached hydrogen (secondary N) is 2. The number of benzene rings is 2. The lowest BCUT2D eigenvalue weighted by Gasteiger charge is -2.07. The number of carbonyl (C=O) groups excluding carboxylic acids is 1. The van der Waals surface area contributed by atoms with E-state index >= 15 is 0 Å². The van der Waals surface area contributed by atoms with Gasteiger partial charge in [-0.2, -0.15) is 0 Å². The van der Waals surface area contributed by atoms with Gasteiger partial charge in [0.2, 0.25) is 10.0 Å². The smallest absolute Gasteiger partial charge is 0.255 e. The Labute approximate surface area is 129 Å². The van der Waals surface area contributed by atoms with Gasteiger partial charge in [0.05, 0.1) is 6.26 Å². The van der Waals surface area contributed by atoms with Gasteiger partial charge in [0, 0.05) is 22.5 Å². The van der Waals surface area contributed by atoms with E-state index < -0.39 is 10.0 Å². The van der Waals surface area contributed by atoms with Gasteiger partial charge in [-0.25, -0.2) is 8.42 Å². The molecule has 0 fully saturated rings. The van der Waals surface area contributed by atoms with E-state index in [-0.39, 0.29) is 5.91 Å². The maximum Gasteiger partial charge on any atom is 0.255 e. The lowest BCUT2D eigenvalue weighted by molar-refractivity contribution is 0.102. The van der Waals surface area contributed by atoms with Gasteiger partial charge in [-0.15, -0.1) is 6.42 Å². The number of anilines is 2. The molecule has 1 amide bonds. The normalized spacial score (nSPS) is 10.5. The minimum atomic E-state index is -3.34. The van der Waals surface area contributed by atoms with Gasteiger partial charge in [-0.05, 0) is 42.5 Å². The molecular weight excluding hydrogens is 300 g/mol. The van der Waals surface area contributed by atoms with Crippen molar-refractivity contribution in [2.45, 2.75) is 0 Å². The van der Waals surface area contributed by atoms with Crippen LogP contribution in [0.15, 0.2) is 48.5 Å². The number of carbonyl (C=O) groups is 1. The molecule has 2 aromatic rings. The van der Waals surface area contributed by atoms with Crippen molar-refractivity contribution >= 4 is 27.3 Å². The second-order valence-electron chi connectivity index (χ2n) is 4.63. The van der Waals surface area contributed by atoms with Gasteiger partial charge < -0.3 is 5.32 Å². The molecule has 6 heteroatoms. The lowest BCUT2D eigenvalue weighted by Crippen LogP contribution is -2.13. The Bertz CT molecular complexity index is 834. The Morgan fingerprint density at radius 1 is 1.09 bits per heavy atom. The highest BCUT2D eigenvalue weighted by Crippen LogP contribution is 2.14. The molecule has 0 radical (unpaired) electrons. The van der Waals surface area contributed by atoms with E-state index in [4.69, 9.17) is 6.42 Å². The fraction of sp³-hybridized carbons (Fsp3) is 0.0625. The van der Waals surface area contributed by atoms with Crippen molar-refractivity contribution in [3.63, 3.8) is 0 Å². The van der Waals surface area contributed by atoms with E-state index in [1.807, 2.05) is 0 Å². The summed E-state index contributed by atoms with van der Waals surface area (Å²) in [5.74, 6) is 2.19. The number of hydrogen-bond donors (Lipinski definition) is 2. The van der Waals surface area contributed by atoms with E-state index in [0.29, 0.717) is 22.5 Å². The Kier molecular flexibility index (Phi) is 4.49. The monoisotopic (exact) mass is 314 g/mol. The van der Waals surface area contributed by atoms with Gasteiger partial charge >= 0.3 is 0 Å². The molecule has 2 N–H and O–H groups in total. The number of amides is 1. The topological polar surface area (TPSA) is 75.3 Å². The van der Waals surface area contributed by atoms with Crippen LogP contribution in [0.4, 0.5) is 11.4 Å². The fourth-order valence-electron chi connectivity index (χ4n) is 1.79. The third-order valence-electron chi connectivity index (χ3n) is 2.74. The maximum absolute atomic E-state index is 12.1. The second kappa shape index (κ2) is 6.33. The van der Waals surface area contributed by atoms with Crippen LogP contribution in [0.3, 0.4) is 0 Å². The first-order valence-corrected chi connectivity index (χ1v) is 8.22. The quantitative estimate of drug-likeness (QED) is 0.850. The maximum atomic E-state index is 12.1. The summed E-state index contributed by atoms with van der Waals surface area (Å²) in [6.07, 6.45) is 6.37.